The molecule has 4 rings (SSSR count). The minimum Gasteiger partial charge on any atom is -0.491 e. The zero-order valence-electron chi connectivity index (χ0n) is 19.4. The second-order valence-electron chi connectivity index (χ2n) is 9.34. The fourth-order valence-electron chi connectivity index (χ4n) is 4.78. The highest BCUT2D eigenvalue weighted by Crippen LogP contribution is 2.22. The number of β-amino-alcohol motifs (C(OH)–C–C–N with tert-alkyl or cyclic N) is 1. The Hall–Kier alpha value is -2.63. The Kier molecular flexibility index (Phi) is 8.56. The standard InChI is InChI=1S/C28H36N2O3/c31-26(21-29-17-13-25(14-18-29)19-23-7-2-1-3-8-23)22-33-27-10-6-9-24(20-27)11-12-28(32)30-15-4-5-16-30/h1-3,6-12,20,25-26,31H,4-5,13-19,21-22H2. The van der Waals surface area contributed by atoms with Gasteiger partial charge in [0.15, 0.2) is 0 Å². The molecule has 2 saturated heterocycles. The maximum Gasteiger partial charge on any atom is 0.246 e. The largest absolute Gasteiger partial charge is 0.491 e. The number of amides is 1. The molecular formula is C28H36N2O3. The van der Waals surface area contributed by atoms with E-state index in [4.69, 9.17) is 4.74 Å². The molecule has 1 N–H and O–H groups in total. The van der Waals surface area contributed by atoms with Gasteiger partial charge in [0.1, 0.15) is 18.5 Å². The van der Waals surface area contributed by atoms with E-state index in [1.54, 1.807) is 6.08 Å². The first kappa shape index (κ1) is 23.5. The van der Waals surface area contributed by atoms with Crippen molar-refractivity contribution in [3.63, 3.8) is 0 Å². The maximum absolute atomic E-state index is 12.2. The van der Waals surface area contributed by atoms with Gasteiger partial charge in [0.05, 0.1) is 0 Å². The number of aliphatic hydroxyl groups is 1. The third-order valence-electron chi connectivity index (χ3n) is 6.68. The zero-order chi connectivity index (χ0) is 22.9. The number of benzene rings is 2. The average molecular weight is 449 g/mol. The summed E-state index contributed by atoms with van der Waals surface area (Å²) in [6.45, 7) is 4.68. The molecule has 0 bridgehead atoms. The maximum atomic E-state index is 12.2. The van der Waals surface area contributed by atoms with Crippen LogP contribution in [0.3, 0.4) is 0 Å². The number of aliphatic hydroxyl groups excluding tert-OH is 1. The van der Waals surface area contributed by atoms with E-state index in [0.29, 0.717) is 12.3 Å². The van der Waals surface area contributed by atoms with E-state index in [1.165, 1.54) is 18.4 Å². The van der Waals surface area contributed by atoms with Crippen LogP contribution in [0.5, 0.6) is 5.75 Å². The van der Waals surface area contributed by atoms with Gasteiger partial charge in [-0.2, -0.15) is 0 Å². The summed E-state index contributed by atoms with van der Waals surface area (Å²) in [5.74, 6) is 1.51. The smallest absolute Gasteiger partial charge is 0.246 e. The number of piperidine rings is 1. The first-order valence-corrected chi connectivity index (χ1v) is 12.3. The number of ether oxygens (including phenoxy) is 1. The topological polar surface area (TPSA) is 53.0 Å². The van der Waals surface area contributed by atoms with E-state index in [-0.39, 0.29) is 12.5 Å². The zero-order valence-corrected chi connectivity index (χ0v) is 19.4. The number of nitrogens with zero attached hydrogens (tertiary/aromatic N) is 2. The Balaban J connectivity index is 1.17. The molecule has 1 atom stereocenters. The molecule has 5 heteroatoms. The van der Waals surface area contributed by atoms with Crippen molar-refractivity contribution in [2.24, 2.45) is 5.92 Å². The average Bonchev–Trinajstić information content (AvgIpc) is 3.39. The Morgan fingerprint density at radius 3 is 2.55 bits per heavy atom. The SMILES string of the molecule is O=C(C=Cc1cccc(OCC(O)CN2CCC(Cc3ccccc3)CC2)c1)N1CCCC1. The lowest BCUT2D eigenvalue weighted by molar-refractivity contribution is -0.124. The summed E-state index contributed by atoms with van der Waals surface area (Å²) in [6, 6.07) is 18.4. The van der Waals surface area contributed by atoms with Gasteiger partial charge in [-0.1, -0.05) is 42.5 Å². The molecule has 1 unspecified atom stereocenters. The van der Waals surface area contributed by atoms with Gasteiger partial charge < -0.3 is 19.6 Å². The van der Waals surface area contributed by atoms with Gasteiger partial charge in [0, 0.05) is 25.7 Å². The van der Waals surface area contributed by atoms with Crippen LogP contribution in [0.2, 0.25) is 0 Å². The third-order valence-corrected chi connectivity index (χ3v) is 6.68. The van der Waals surface area contributed by atoms with Gasteiger partial charge in [-0.3, -0.25) is 4.79 Å². The molecule has 2 aliphatic heterocycles. The normalized spacial score (nSPS) is 18.6. The lowest BCUT2D eigenvalue weighted by Crippen LogP contribution is -2.41. The molecule has 2 fully saturated rings. The van der Waals surface area contributed by atoms with Crippen molar-refractivity contribution in [1.82, 2.24) is 9.80 Å². The second kappa shape index (κ2) is 12.0. The molecule has 2 aromatic rings. The second-order valence-corrected chi connectivity index (χ2v) is 9.34. The van der Waals surface area contributed by atoms with E-state index < -0.39 is 6.10 Å². The van der Waals surface area contributed by atoms with Crippen LogP contribution < -0.4 is 4.74 Å². The highest BCUT2D eigenvalue weighted by Gasteiger charge is 2.21. The molecule has 2 aromatic carbocycles. The summed E-state index contributed by atoms with van der Waals surface area (Å²) in [6.07, 6.45) is 8.64. The number of carbonyl (C=O) groups is 1. The Morgan fingerprint density at radius 1 is 1.03 bits per heavy atom. The van der Waals surface area contributed by atoms with E-state index in [1.807, 2.05) is 35.2 Å². The van der Waals surface area contributed by atoms with Crippen LogP contribution in [0.4, 0.5) is 0 Å². The molecule has 5 nitrogen and oxygen atoms in total. The van der Waals surface area contributed by atoms with Crippen LogP contribution >= 0.6 is 0 Å². The van der Waals surface area contributed by atoms with Gasteiger partial charge in [-0.05, 0) is 80.4 Å². The molecule has 2 aliphatic rings. The van der Waals surface area contributed by atoms with Crippen LogP contribution in [0.15, 0.2) is 60.7 Å². The molecule has 0 aromatic heterocycles. The van der Waals surface area contributed by atoms with Gasteiger partial charge in [0.2, 0.25) is 5.91 Å². The Bertz CT molecular complexity index is 900. The Morgan fingerprint density at radius 2 is 1.79 bits per heavy atom. The quantitative estimate of drug-likeness (QED) is 0.589. The van der Waals surface area contributed by atoms with Gasteiger partial charge >= 0.3 is 0 Å². The lowest BCUT2D eigenvalue weighted by atomic mass is 9.90. The first-order chi connectivity index (χ1) is 16.2. The number of carbonyl (C=O) groups excluding carboxylic acids is 1. The van der Waals surface area contributed by atoms with Crippen LogP contribution in [0.1, 0.15) is 36.8 Å². The number of hydrogen-bond acceptors (Lipinski definition) is 4. The predicted octanol–water partition coefficient (Wildman–Crippen LogP) is 4.02. The van der Waals surface area contributed by atoms with E-state index in [9.17, 15) is 9.90 Å². The molecule has 0 radical (unpaired) electrons. The molecule has 176 valence electrons. The van der Waals surface area contributed by atoms with Crippen molar-refractivity contribution in [3.8, 4) is 5.75 Å². The number of rotatable bonds is 9. The molecule has 0 saturated carbocycles. The summed E-state index contributed by atoms with van der Waals surface area (Å²) in [5, 5.41) is 10.5. The minimum absolute atomic E-state index is 0.0711. The van der Waals surface area contributed by atoms with Crippen molar-refractivity contribution in [2.45, 2.75) is 38.2 Å². The molecule has 33 heavy (non-hydrogen) atoms. The third kappa shape index (κ3) is 7.44. The fourth-order valence-corrected chi connectivity index (χ4v) is 4.78. The number of likely N-dealkylation sites (tertiary alicyclic amines) is 2. The van der Waals surface area contributed by atoms with Crippen LogP contribution in [0.25, 0.3) is 6.08 Å². The van der Waals surface area contributed by atoms with Crippen molar-refractivity contribution in [3.05, 3.63) is 71.8 Å². The van der Waals surface area contributed by atoms with Crippen LogP contribution in [-0.4, -0.2) is 66.2 Å². The molecule has 0 aliphatic carbocycles. The fraction of sp³-hybridized carbons (Fsp3) is 0.464. The minimum atomic E-state index is -0.522. The molecular weight excluding hydrogens is 412 g/mol. The number of hydrogen-bond donors (Lipinski definition) is 1. The van der Waals surface area contributed by atoms with Gasteiger partial charge in [-0.15, -0.1) is 0 Å². The Labute approximate surface area is 197 Å². The lowest BCUT2D eigenvalue weighted by Gasteiger charge is -2.33. The van der Waals surface area contributed by atoms with E-state index in [0.717, 1.165) is 56.9 Å². The summed E-state index contributed by atoms with van der Waals surface area (Å²) in [7, 11) is 0. The van der Waals surface area contributed by atoms with Crippen molar-refractivity contribution in [2.75, 3.05) is 39.3 Å². The van der Waals surface area contributed by atoms with Gasteiger partial charge in [-0.25, -0.2) is 0 Å². The van der Waals surface area contributed by atoms with Crippen LogP contribution in [-0.2, 0) is 11.2 Å². The highest BCUT2D eigenvalue weighted by atomic mass is 16.5. The van der Waals surface area contributed by atoms with E-state index >= 15 is 0 Å². The van der Waals surface area contributed by atoms with Gasteiger partial charge in [0.25, 0.3) is 0 Å². The van der Waals surface area contributed by atoms with Crippen molar-refractivity contribution < 1.29 is 14.6 Å². The summed E-state index contributed by atoms with van der Waals surface area (Å²) < 4.78 is 5.85. The molecule has 2 heterocycles. The summed E-state index contributed by atoms with van der Waals surface area (Å²) in [5.41, 5.74) is 2.34. The summed E-state index contributed by atoms with van der Waals surface area (Å²) in [4.78, 5) is 16.4. The van der Waals surface area contributed by atoms with Crippen molar-refractivity contribution in [1.29, 1.82) is 0 Å². The summed E-state index contributed by atoms with van der Waals surface area (Å²) >= 11 is 0. The van der Waals surface area contributed by atoms with Crippen LogP contribution in [0, 0.1) is 5.92 Å². The highest BCUT2D eigenvalue weighted by molar-refractivity contribution is 5.91. The van der Waals surface area contributed by atoms with E-state index in [2.05, 4.69) is 35.2 Å². The van der Waals surface area contributed by atoms with Crippen molar-refractivity contribution >= 4 is 12.0 Å². The molecule has 0 spiro atoms. The predicted molar refractivity (Wildman–Crippen MR) is 132 cm³/mol. The molecule has 1 amide bonds. The monoisotopic (exact) mass is 448 g/mol. The first-order valence-electron chi connectivity index (χ1n) is 12.3.